The van der Waals surface area contributed by atoms with Gasteiger partial charge in [0.25, 0.3) is 0 Å². The van der Waals surface area contributed by atoms with Gasteiger partial charge < -0.3 is 28.2 Å². The molecule has 0 aliphatic carbocycles. The zero-order chi connectivity index (χ0) is 16.7. The summed E-state index contributed by atoms with van der Waals surface area (Å²) in [6.45, 7) is 2.73. The Kier molecular flexibility index (Phi) is 8.21. The highest BCUT2D eigenvalue weighted by Gasteiger charge is 2.10. The molecule has 0 aliphatic rings. The third kappa shape index (κ3) is 5.82. The van der Waals surface area contributed by atoms with Crippen LogP contribution in [0.5, 0.6) is 0 Å². The maximum absolute atomic E-state index is 11.4. The minimum Gasteiger partial charge on any atom is -1.00 e. The number of nitrogens with two attached hydrogens (primary N) is 1. The summed E-state index contributed by atoms with van der Waals surface area (Å²) in [4.78, 5) is 15.6. The number of carbonyl (C=O) groups excluding carboxylic acids is 1. The van der Waals surface area contributed by atoms with Crippen LogP contribution in [0.3, 0.4) is 0 Å². The largest absolute Gasteiger partial charge is 1.00 e. The number of thioether (sulfide) groups is 1. The Morgan fingerprint density at radius 3 is 2.54 bits per heavy atom. The van der Waals surface area contributed by atoms with Crippen molar-refractivity contribution in [3.63, 3.8) is 0 Å². The van der Waals surface area contributed by atoms with Crippen LogP contribution in [0.2, 0.25) is 0 Å². The maximum atomic E-state index is 11.4. The Morgan fingerprint density at radius 1 is 1.25 bits per heavy atom. The number of anilines is 3. The van der Waals surface area contributed by atoms with E-state index in [9.17, 15) is 4.79 Å². The minimum absolute atomic E-state index is 0. The molecule has 0 saturated heterocycles. The van der Waals surface area contributed by atoms with Crippen molar-refractivity contribution in [3.05, 3.63) is 42.0 Å². The summed E-state index contributed by atoms with van der Waals surface area (Å²) in [6.07, 6.45) is 1.53. The molecule has 2 aromatic rings. The van der Waals surface area contributed by atoms with Crippen LogP contribution in [-0.4, -0.2) is 19.0 Å². The van der Waals surface area contributed by atoms with Crippen LogP contribution in [0.1, 0.15) is 12.5 Å². The topological polar surface area (TPSA) is 90.5 Å². The summed E-state index contributed by atoms with van der Waals surface area (Å²) in [5.74, 6) is 1.13. The fourth-order valence-corrected chi connectivity index (χ4v) is 2.35. The quantitative estimate of drug-likeness (QED) is 0.624. The third-order valence-electron chi connectivity index (χ3n) is 3.13. The maximum Gasteiger partial charge on any atom is 0.411 e. The number of aromatic amines is 1. The van der Waals surface area contributed by atoms with Crippen molar-refractivity contribution in [2.45, 2.75) is 18.4 Å². The summed E-state index contributed by atoms with van der Waals surface area (Å²) in [5.41, 5.74) is 7.56. The summed E-state index contributed by atoms with van der Waals surface area (Å²) in [5, 5.41) is 5.84. The molecule has 1 aromatic heterocycles. The predicted molar refractivity (Wildman–Crippen MR) is 93.6 cm³/mol. The molecule has 0 spiro atoms. The van der Waals surface area contributed by atoms with E-state index >= 15 is 0 Å². The molecule has 2 rings (SSSR count). The molecule has 0 bridgehead atoms. The van der Waals surface area contributed by atoms with Gasteiger partial charge in [-0.25, -0.2) is 9.78 Å². The third-order valence-corrected chi connectivity index (χ3v) is 3.87. The van der Waals surface area contributed by atoms with Crippen LogP contribution in [0.4, 0.5) is 22.1 Å². The van der Waals surface area contributed by atoms with Gasteiger partial charge in [-0.2, -0.15) is 0 Å². The number of rotatable bonds is 6. The number of hydrogen-bond donors (Lipinski definition) is 3. The number of benzene rings is 1. The second-order valence-electron chi connectivity index (χ2n) is 4.75. The van der Waals surface area contributed by atoms with Gasteiger partial charge in [0.05, 0.1) is 13.2 Å². The van der Waals surface area contributed by atoms with Crippen molar-refractivity contribution in [1.82, 2.24) is 0 Å². The van der Waals surface area contributed by atoms with E-state index in [0.29, 0.717) is 24.7 Å². The zero-order valence-corrected chi connectivity index (χ0v) is 15.1. The van der Waals surface area contributed by atoms with Crippen molar-refractivity contribution in [2.75, 3.05) is 29.2 Å². The zero-order valence-electron chi connectivity index (χ0n) is 13.6. The van der Waals surface area contributed by atoms with Crippen molar-refractivity contribution < 1.29 is 26.9 Å². The highest BCUT2D eigenvalue weighted by Crippen LogP contribution is 2.17. The number of H-pyrrole nitrogens is 1. The van der Waals surface area contributed by atoms with E-state index in [1.165, 1.54) is 10.5 Å². The van der Waals surface area contributed by atoms with Gasteiger partial charge >= 0.3 is 6.09 Å². The van der Waals surface area contributed by atoms with E-state index in [1.54, 1.807) is 24.8 Å². The van der Waals surface area contributed by atoms with Crippen LogP contribution < -0.4 is 33.8 Å². The van der Waals surface area contributed by atoms with E-state index in [4.69, 9.17) is 10.5 Å². The first-order valence-electron chi connectivity index (χ1n) is 7.24. The Labute approximate surface area is 152 Å². The van der Waals surface area contributed by atoms with Crippen molar-refractivity contribution >= 4 is 35.2 Å². The molecule has 1 heterocycles. The second kappa shape index (κ2) is 9.89. The van der Waals surface area contributed by atoms with E-state index in [2.05, 4.69) is 46.1 Å². The predicted octanol–water partition coefficient (Wildman–Crippen LogP) is -0.0107. The number of aromatic nitrogens is 1. The van der Waals surface area contributed by atoms with Gasteiger partial charge in [-0.3, -0.25) is 5.32 Å². The SMILES string of the molecule is CCOC(=O)Nc1ccc(NCc2ccc(SC)cc2)[nH+]c1N.[Cl-]. The molecule has 0 atom stereocenters. The molecule has 0 fully saturated rings. The van der Waals surface area contributed by atoms with Crippen LogP contribution in [0.15, 0.2) is 41.3 Å². The fraction of sp³-hybridized carbons (Fsp3) is 0.250. The number of nitrogens with one attached hydrogen (secondary N) is 3. The average molecular weight is 369 g/mol. The van der Waals surface area contributed by atoms with Crippen molar-refractivity contribution in [1.29, 1.82) is 0 Å². The number of ether oxygens (including phenoxy) is 1. The normalized spacial score (nSPS) is 9.75. The molecule has 8 heteroatoms. The first-order chi connectivity index (χ1) is 11.1. The number of hydrogen-bond acceptors (Lipinski definition) is 5. The molecule has 0 saturated carbocycles. The molecular weight excluding hydrogens is 348 g/mol. The van der Waals surface area contributed by atoms with Gasteiger partial charge in [-0.05, 0) is 36.9 Å². The molecule has 24 heavy (non-hydrogen) atoms. The van der Waals surface area contributed by atoms with Gasteiger partial charge in [0.2, 0.25) is 11.6 Å². The highest BCUT2D eigenvalue weighted by atomic mass is 35.5. The second-order valence-corrected chi connectivity index (χ2v) is 5.63. The molecule has 5 N–H and O–H groups in total. The molecule has 0 radical (unpaired) electrons. The molecule has 0 aliphatic heterocycles. The monoisotopic (exact) mass is 368 g/mol. The molecule has 130 valence electrons. The number of pyridine rings is 1. The summed E-state index contributed by atoms with van der Waals surface area (Å²) >= 11 is 1.72. The van der Waals surface area contributed by atoms with Crippen molar-refractivity contribution in [3.8, 4) is 0 Å². The molecule has 6 nitrogen and oxygen atoms in total. The standard InChI is InChI=1S/C16H20N4O2S.ClH/c1-3-22-16(21)19-13-8-9-14(20-15(13)17)18-10-11-4-6-12(23-2)7-5-11;/h4-9H,3,10H2,1-2H3,(H,19,21)(H3,17,18,20);1H. The van der Waals surface area contributed by atoms with Gasteiger partial charge in [-0.1, -0.05) is 12.1 Å². The number of carbonyl (C=O) groups is 1. The summed E-state index contributed by atoms with van der Waals surface area (Å²) < 4.78 is 4.82. The molecular formula is C16H21ClN4O2S. The molecule has 1 amide bonds. The van der Waals surface area contributed by atoms with Gasteiger partial charge in [0.15, 0.2) is 0 Å². The summed E-state index contributed by atoms with van der Waals surface area (Å²) in [7, 11) is 0. The Bertz CT molecular complexity index is 668. The van der Waals surface area contributed by atoms with E-state index in [1.807, 2.05) is 6.07 Å². The number of nitrogen functional groups attached to an aromatic ring is 1. The van der Waals surface area contributed by atoms with Gasteiger partial charge in [0.1, 0.15) is 5.69 Å². The summed E-state index contributed by atoms with van der Waals surface area (Å²) in [6, 6.07) is 11.9. The Hall–Kier alpha value is -2.12. The lowest BCUT2D eigenvalue weighted by atomic mass is 10.2. The smallest absolute Gasteiger partial charge is 0.411 e. The van der Waals surface area contributed by atoms with Crippen LogP contribution in [-0.2, 0) is 11.3 Å². The average Bonchev–Trinajstić information content (AvgIpc) is 2.56. The lowest BCUT2D eigenvalue weighted by Gasteiger charge is -2.07. The molecule has 0 unspecified atom stereocenters. The van der Waals surface area contributed by atoms with E-state index in [0.717, 1.165) is 5.82 Å². The van der Waals surface area contributed by atoms with Gasteiger partial charge in [-0.15, -0.1) is 11.8 Å². The van der Waals surface area contributed by atoms with Crippen LogP contribution in [0, 0.1) is 0 Å². The van der Waals surface area contributed by atoms with Crippen LogP contribution in [0.25, 0.3) is 0 Å². The Morgan fingerprint density at radius 2 is 1.96 bits per heavy atom. The fourth-order valence-electron chi connectivity index (χ4n) is 1.94. The lowest BCUT2D eigenvalue weighted by molar-refractivity contribution is -0.342. The first kappa shape index (κ1) is 19.9. The first-order valence-corrected chi connectivity index (χ1v) is 8.47. The minimum atomic E-state index is -0.526. The number of halogens is 1. The van der Waals surface area contributed by atoms with Crippen LogP contribution >= 0.6 is 11.8 Å². The van der Waals surface area contributed by atoms with Gasteiger partial charge in [0, 0.05) is 11.0 Å². The molecule has 1 aromatic carbocycles. The highest BCUT2D eigenvalue weighted by molar-refractivity contribution is 7.98. The Balaban J connectivity index is 0.00000288. The van der Waals surface area contributed by atoms with E-state index in [-0.39, 0.29) is 12.4 Å². The van der Waals surface area contributed by atoms with E-state index < -0.39 is 6.09 Å². The lowest BCUT2D eigenvalue weighted by Crippen LogP contribution is -3.00. The number of amides is 1. The van der Waals surface area contributed by atoms with Crippen molar-refractivity contribution in [2.24, 2.45) is 0 Å².